The van der Waals surface area contributed by atoms with E-state index in [4.69, 9.17) is 0 Å². The van der Waals surface area contributed by atoms with Crippen LogP contribution in [0.25, 0.3) is 0 Å². The smallest absolute Gasteiger partial charge is 0.240 e. The van der Waals surface area contributed by atoms with Crippen LogP contribution in [0.4, 0.5) is 0 Å². The minimum absolute atomic E-state index is 0.0352. The quantitative estimate of drug-likeness (QED) is 0.848. The monoisotopic (exact) mass is 268 g/mol. The largest absolute Gasteiger partial charge is 0.387 e. The van der Waals surface area contributed by atoms with Gasteiger partial charge in [0.2, 0.25) is 5.91 Å². The summed E-state index contributed by atoms with van der Waals surface area (Å²) in [5, 5.41) is 16.6. The highest BCUT2D eigenvalue weighted by atomic mass is 32.1. The number of carbonyl (C=O) groups is 1. The molecule has 1 aromatic rings. The van der Waals surface area contributed by atoms with Gasteiger partial charge >= 0.3 is 0 Å². The average molecular weight is 268 g/mol. The number of thiophene rings is 1. The molecule has 100 valence electrons. The van der Waals surface area contributed by atoms with Crippen molar-refractivity contribution in [3.8, 4) is 0 Å². The van der Waals surface area contributed by atoms with E-state index in [1.165, 1.54) is 0 Å². The molecule has 5 heteroatoms. The number of nitrogens with zero attached hydrogens (tertiary/aromatic N) is 1. The lowest BCUT2D eigenvalue weighted by atomic mass is 9.75. The summed E-state index contributed by atoms with van der Waals surface area (Å²) in [4.78, 5) is 14.2. The molecule has 18 heavy (non-hydrogen) atoms. The maximum absolute atomic E-state index is 12.2. The first-order valence-electron chi connectivity index (χ1n) is 6.22. The zero-order valence-electron chi connectivity index (χ0n) is 10.8. The first kappa shape index (κ1) is 13.5. The van der Waals surface area contributed by atoms with Crippen molar-refractivity contribution in [1.29, 1.82) is 0 Å². The van der Waals surface area contributed by atoms with Crippen LogP contribution in [0.1, 0.15) is 30.9 Å². The third-order valence-electron chi connectivity index (χ3n) is 3.84. The first-order chi connectivity index (χ1) is 8.56. The second-order valence-corrected chi connectivity index (χ2v) is 5.84. The van der Waals surface area contributed by atoms with Crippen molar-refractivity contribution in [2.24, 2.45) is 0 Å². The Balaban J connectivity index is 1.88. The molecule has 1 aliphatic carbocycles. The molecule has 0 aliphatic heterocycles. The van der Waals surface area contributed by atoms with Crippen LogP contribution in [0.2, 0.25) is 0 Å². The zero-order valence-corrected chi connectivity index (χ0v) is 11.7. The topological polar surface area (TPSA) is 52.6 Å². The average Bonchev–Trinajstić information content (AvgIpc) is 2.76. The van der Waals surface area contributed by atoms with Crippen LogP contribution in [0.5, 0.6) is 0 Å². The predicted octanol–water partition coefficient (Wildman–Crippen LogP) is 1.38. The fourth-order valence-electron chi connectivity index (χ4n) is 2.33. The third kappa shape index (κ3) is 2.43. The van der Waals surface area contributed by atoms with Gasteiger partial charge in [-0.25, -0.2) is 0 Å². The van der Waals surface area contributed by atoms with Crippen LogP contribution in [0, 0.1) is 0 Å². The molecule has 0 spiro atoms. The summed E-state index contributed by atoms with van der Waals surface area (Å²) < 4.78 is 0. The number of hydrogen-bond acceptors (Lipinski definition) is 4. The minimum Gasteiger partial charge on any atom is -0.387 e. The van der Waals surface area contributed by atoms with Crippen LogP contribution >= 0.6 is 11.3 Å². The van der Waals surface area contributed by atoms with E-state index in [1.807, 2.05) is 35.8 Å². The molecule has 1 fully saturated rings. The van der Waals surface area contributed by atoms with Crippen molar-refractivity contribution in [2.45, 2.75) is 30.9 Å². The Morgan fingerprint density at radius 1 is 1.61 bits per heavy atom. The molecule has 0 saturated heterocycles. The van der Waals surface area contributed by atoms with Crippen LogP contribution in [-0.4, -0.2) is 42.1 Å². The van der Waals surface area contributed by atoms with Crippen molar-refractivity contribution in [3.05, 3.63) is 22.4 Å². The molecule has 2 N–H and O–H groups in total. The van der Waals surface area contributed by atoms with Gasteiger partial charge < -0.3 is 10.4 Å². The van der Waals surface area contributed by atoms with E-state index >= 15 is 0 Å². The number of hydrogen-bond donors (Lipinski definition) is 2. The van der Waals surface area contributed by atoms with E-state index in [1.54, 1.807) is 11.3 Å². The number of nitrogens with one attached hydrogen (secondary N) is 1. The summed E-state index contributed by atoms with van der Waals surface area (Å²) in [6, 6.07) is 1.88. The van der Waals surface area contributed by atoms with Gasteiger partial charge in [-0.05, 0) is 55.7 Å². The highest BCUT2D eigenvalue weighted by Crippen LogP contribution is 2.36. The lowest BCUT2D eigenvalue weighted by Gasteiger charge is -2.45. The molecule has 1 atom stereocenters. The minimum atomic E-state index is -0.612. The number of aliphatic hydroxyl groups excluding tert-OH is 1. The Kier molecular flexibility index (Phi) is 4.04. The molecular weight excluding hydrogens is 248 g/mol. The van der Waals surface area contributed by atoms with Crippen molar-refractivity contribution < 1.29 is 9.90 Å². The lowest BCUT2D eigenvalue weighted by Crippen LogP contribution is -2.60. The Morgan fingerprint density at radius 2 is 2.33 bits per heavy atom. The van der Waals surface area contributed by atoms with Gasteiger partial charge in [0.25, 0.3) is 0 Å². The number of rotatable bonds is 5. The van der Waals surface area contributed by atoms with Crippen molar-refractivity contribution in [3.63, 3.8) is 0 Å². The highest BCUT2D eigenvalue weighted by molar-refractivity contribution is 7.07. The van der Waals surface area contributed by atoms with Crippen LogP contribution in [0.15, 0.2) is 16.8 Å². The van der Waals surface area contributed by atoms with Crippen molar-refractivity contribution in [2.75, 3.05) is 20.6 Å². The van der Waals surface area contributed by atoms with Gasteiger partial charge in [-0.2, -0.15) is 11.3 Å². The normalized spacial score (nSPS) is 19.3. The Bertz CT molecular complexity index is 399. The molecule has 1 heterocycles. The summed E-state index contributed by atoms with van der Waals surface area (Å²) in [6.07, 6.45) is 2.29. The standard InChI is InChI=1S/C13H20N2O2S/c1-15(2)13(5-3-6-13)12(17)14-8-11(16)10-4-7-18-9-10/h4,7,9,11,16H,3,5-6,8H2,1-2H3,(H,14,17). The van der Waals surface area contributed by atoms with E-state index in [0.29, 0.717) is 0 Å². The maximum Gasteiger partial charge on any atom is 0.240 e. The Morgan fingerprint density at radius 3 is 2.78 bits per heavy atom. The maximum atomic E-state index is 12.2. The number of carbonyl (C=O) groups excluding carboxylic acids is 1. The van der Waals surface area contributed by atoms with Gasteiger partial charge in [-0.15, -0.1) is 0 Å². The molecular formula is C13H20N2O2S. The summed E-state index contributed by atoms with van der Waals surface area (Å²) in [6.45, 7) is 0.283. The molecule has 0 radical (unpaired) electrons. The number of amides is 1. The fraction of sp³-hybridized carbons (Fsp3) is 0.615. The predicted molar refractivity (Wildman–Crippen MR) is 72.6 cm³/mol. The highest BCUT2D eigenvalue weighted by Gasteiger charge is 2.45. The molecule has 1 saturated carbocycles. The van der Waals surface area contributed by atoms with Gasteiger partial charge in [0.1, 0.15) is 0 Å². The molecule has 1 amide bonds. The summed E-state index contributed by atoms with van der Waals surface area (Å²) >= 11 is 1.55. The molecule has 0 bridgehead atoms. The molecule has 0 aromatic carbocycles. The zero-order chi connectivity index (χ0) is 13.2. The first-order valence-corrected chi connectivity index (χ1v) is 7.16. The van der Waals surface area contributed by atoms with E-state index in [-0.39, 0.29) is 18.0 Å². The molecule has 4 nitrogen and oxygen atoms in total. The van der Waals surface area contributed by atoms with Gasteiger partial charge in [-0.3, -0.25) is 9.69 Å². The number of aliphatic hydroxyl groups is 1. The summed E-state index contributed by atoms with van der Waals surface area (Å²) in [7, 11) is 3.88. The van der Waals surface area contributed by atoms with Gasteiger partial charge in [0.05, 0.1) is 11.6 Å². The third-order valence-corrected chi connectivity index (χ3v) is 4.54. The van der Waals surface area contributed by atoms with Gasteiger partial charge in [0.15, 0.2) is 0 Å². The number of likely N-dealkylation sites (N-methyl/N-ethyl adjacent to an activating group) is 1. The Hall–Kier alpha value is -0.910. The van der Waals surface area contributed by atoms with E-state index < -0.39 is 6.10 Å². The Labute approximate surface area is 112 Å². The van der Waals surface area contributed by atoms with Crippen molar-refractivity contribution in [1.82, 2.24) is 10.2 Å². The van der Waals surface area contributed by atoms with Gasteiger partial charge in [-0.1, -0.05) is 0 Å². The van der Waals surface area contributed by atoms with Crippen LogP contribution < -0.4 is 5.32 Å². The van der Waals surface area contributed by atoms with E-state index in [9.17, 15) is 9.90 Å². The van der Waals surface area contributed by atoms with Crippen molar-refractivity contribution >= 4 is 17.2 Å². The molecule has 2 rings (SSSR count). The molecule has 1 aromatic heterocycles. The fourth-order valence-corrected chi connectivity index (χ4v) is 3.03. The summed E-state index contributed by atoms with van der Waals surface area (Å²) in [5.41, 5.74) is 0.516. The molecule has 1 unspecified atom stereocenters. The molecule has 1 aliphatic rings. The van der Waals surface area contributed by atoms with E-state index in [0.717, 1.165) is 24.8 Å². The second kappa shape index (κ2) is 5.38. The van der Waals surface area contributed by atoms with Gasteiger partial charge in [0, 0.05) is 6.54 Å². The van der Waals surface area contributed by atoms with E-state index in [2.05, 4.69) is 5.32 Å². The van der Waals surface area contributed by atoms with Crippen LogP contribution in [0.3, 0.4) is 0 Å². The van der Waals surface area contributed by atoms with Crippen LogP contribution in [-0.2, 0) is 4.79 Å². The SMILES string of the molecule is CN(C)C1(C(=O)NCC(O)c2ccsc2)CCC1. The summed E-state index contributed by atoms with van der Waals surface area (Å²) in [5.74, 6) is 0.0352. The lowest BCUT2D eigenvalue weighted by molar-refractivity contribution is -0.137. The second-order valence-electron chi connectivity index (χ2n) is 5.06.